The molecule has 14 heteroatoms. The lowest BCUT2D eigenvalue weighted by atomic mass is 9.72. The Balaban J connectivity index is 1.60. The molecule has 43 heavy (non-hydrogen) atoms. The van der Waals surface area contributed by atoms with Crippen LogP contribution in [0.2, 0.25) is 0 Å². The lowest BCUT2D eigenvalue weighted by Crippen LogP contribution is -2.64. The third kappa shape index (κ3) is 8.05. The maximum Gasteiger partial charge on any atom is 0.471 e. The number of hydrogen-bond donors (Lipinski definition) is 4. The topological polar surface area (TPSA) is 154 Å². The number of Topliss-reactive ketones (excluding diaryl/α,β-unsaturated/α-hetero) is 1. The number of ketones is 1. The first kappa shape index (κ1) is 32.7. The Kier molecular flexibility index (Phi) is 9.75. The second kappa shape index (κ2) is 12.8. The predicted molar refractivity (Wildman–Crippen MR) is 147 cm³/mol. The second-order valence-electron chi connectivity index (χ2n) is 13.5. The standard InChI is InChI=1S/C29H42F3N5O6/c1-28(2,3)22(36-27(43)29(30,31)32)26(42)37-14-17-7-5-4-6-15(17)13-20(37)24(40)35-19(12-16-10-11-33-23(16)39)21(38)25(41)34-18-8-9-18/h15-20,22H,4-14H2,1-3H3,(H,33,39)(H,34,41)(H,35,40)(H,36,43)/t15-,16-,17+,19-,20-,22+/m0/s1. The van der Waals surface area contributed by atoms with Crippen molar-refractivity contribution in [3.8, 4) is 0 Å². The third-order valence-electron chi connectivity index (χ3n) is 9.08. The summed E-state index contributed by atoms with van der Waals surface area (Å²) in [5.74, 6) is -6.32. The van der Waals surface area contributed by atoms with Gasteiger partial charge in [-0.05, 0) is 55.8 Å². The van der Waals surface area contributed by atoms with Crippen molar-refractivity contribution in [1.29, 1.82) is 0 Å². The summed E-state index contributed by atoms with van der Waals surface area (Å²) in [5.41, 5.74) is -1.13. The van der Waals surface area contributed by atoms with E-state index in [1.54, 1.807) is 0 Å². The molecule has 0 bridgehead atoms. The molecule has 4 fully saturated rings. The first-order chi connectivity index (χ1) is 20.1. The molecule has 2 saturated carbocycles. The number of piperidine rings is 1. The molecule has 2 saturated heterocycles. The summed E-state index contributed by atoms with van der Waals surface area (Å²) in [6, 6.07) is -4.16. The highest BCUT2D eigenvalue weighted by Crippen LogP contribution is 2.39. The van der Waals surface area contributed by atoms with Crippen LogP contribution in [-0.2, 0) is 28.8 Å². The van der Waals surface area contributed by atoms with Crippen molar-refractivity contribution in [3.05, 3.63) is 0 Å². The first-order valence-electron chi connectivity index (χ1n) is 15.2. The highest BCUT2D eigenvalue weighted by molar-refractivity contribution is 6.38. The number of amides is 5. The summed E-state index contributed by atoms with van der Waals surface area (Å²) < 4.78 is 39.6. The van der Waals surface area contributed by atoms with Gasteiger partial charge < -0.3 is 26.2 Å². The van der Waals surface area contributed by atoms with Crippen molar-refractivity contribution >= 4 is 35.3 Å². The Bertz CT molecular complexity index is 1130. The minimum absolute atomic E-state index is 0.0321. The average Bonchev–Trinajstić information content (AvgIpc) is 3.66. The van der Waals surface area contributed by atoms with Gasteiger partial charge in [0.2, 0.25) is 23.5 Å². The maximum atomic E-state index is 14.0. The van der Waals surface area contributed by atoms with E-state index in [9.17, 15) is 41.9 Å². The molecule has 4 aliphatic rings. The van der Waals surface area contributed by atoms with Crippen LogP contribution in [0.25, 0.3) is 0 Å². The number of rotatable bonds is 9. The van der Waals surface area contributed by atoms with Crippen LogP contribution >= 0.6 is 0 Å². The predicted octanol–water partition coefficient (Wildman–Crippen LogP) is 1.35. The number of fused-ring (bicyclic) bond motifs is 1. The number of likely N-dealkylation sites (tertiary alicyclic amines) is 1. The molecule has 0 radical (unpaired) electrons. The monoisotopic (exact) mass is 613 g/mol. The number of carbonyl (C=O) groups is 6. The Labute approximate surface area is 248 Å². The molecule has 6 atom stereocenters. The molecule has 0 unspecified atom stereocenters. The van der Waals surface area contributed by atoms with E-state index in [1.807, 2.05) is 5.32 Å². The van der Waals surface area contributed by atoms with E-state index in [0.717, 1.165) is 38.5 Å². The fourth-order valence-corrected chi connectivity index (χ4v) is 6.44. The van der Waals surface area contributed by atoms with E-state index < -0.39 is 65.0 Å². The van der Waals surface area contributed by atoms with Gasteiger partial charge in [0.05, 0.1) is 6.04 Å². The van der Waals surface area contributed by atoms with Crippen molar-refractivity contribution in [2.24, 2.45) is 23.2 Å². The van der Waals surface area contributed by atoms with E-state index in [0.29, 0.717) is 13.0 Å². The molecule has 4 N–H and O–H groups in total. The smallest absolute Gasteiger partial charge is 0.356 e. The van der Waals surface area contributed by atoms with Crippen LogP contribution in [0.4, 0.5) is 13.2 Å². The van der Waals surface area contributed by atoms with Crippen LogP contribution in [-0.4, -0.2) is 83.7 Å². The minimum Gasteiger partial charge on any atom is -0.356 e. The Morgan fingerprint density at radius 3 is 2.16 bits per heavy atom. The van der Waals surface area contributed by atoms with E-state index in [-0.39, 0.29) is 43.2 Å². The number of nitrogens with one attached hydrogen (secondary N) is 4. The van der Waals surface area contributed by atoms with Crippen molar-refractivity contribution in [3.63, 3.8) is 0 Å². The van der Waals surface area contributed by atoms with Crippen molar-refractivity contribution in [2.45, 2.75) is 109 Å². The molecule has 5 amide bonds. The summed E-state index contributed by atoms with van der Waals surface area (Å²) in [7, 11) is 0. The first-order valence-corrected chi connectivity index (χ1v) is 15.2. The summed E-state index contributed by atoms with van der Waals surface area (Å²) in [6.45, 7) is 5.08. The van der Waals surface area contributed by atoms with Crippen molar-refractivity contribution < 1.29 is 41.9 Å². The van der Waals surface area contributed by atoms with Gasteiger partial charge in [-0.25, -0.2) is 0 Å². The van der Waals surface area contributed by atoms with Gasteiger partial charge in [-0.15, -0.1) is 0 Å². The number of halogens is 3. The molecular formula is C29H42F3N5O6. The summed E-state index contributed by atoms with van der Waals surface area (Å²) in [6.07, 6.45) is 0.281. The van der Waals surface area contributed by atoms with Crippen LogP contribution in [0.3, 0.4) is 0 Å². The quantitative estimate of drug-likeness (QED) is 0.288. The van der Waals surface area contributed by atoms with Gasteiger partial charge in [-0.2, -0.15) is 13.2 Å². The minimum atomic E-state index is -5.21. The lowest BCUT2D eigenvalue weighted by Gasteiger charge is -2.47. The molecule has 0 aromatic carbocycles. The average molecular weight is 614 g/mol. The second-order valence-corrected chi connectivity index (χ2v) is 13.5. The van der Waals surface area contributed by atoms with Gasteiger partial charge in [0, 0.05) is 25.0 Å². The van der Waals surface area contributed by atoms with Gasteiger partial charge in [0.25, 0.3) is 5.91 Å². The van der Waals surface area contributed by atoms with E-state index >= 15 is 0 Å². The van der Waals surface area contributed by atoms with Gasteiger partial charge in [-0.3, -0.25) is 28.8 Å². The zero-order valence-electron chi connectivity index (χ0n) is 24.9. The third-order valence-corrected chi connectivity index (χ3v) is 9.08. The molecule has 2 aliphatic carbocycles. The fourth-order valence-electron chi connectivity index (χ4n) is 6.44. The van der Waals surface area contributed by atoms with Crippen molar-refractivity contribution in [1.82, 2.24) is 26.2 Å². The van der Waals surface area contributed by atoms with Crippen LogP contribution in [0.15, 0.2) is 0 Å². The lowest BCUT2D eigenvalue weighted by molar-refractivity contribution is -0.176. The van der Waals surface area contributed by atoms with Crippen LogP contribution in [0, 0.1) is 23.2 Å². The van der Waals surface area contributed by atoms with Gasteiger partial charge in [-0.1, -0.05) is 40.0 Å². The molecule has 0 aromatic rings. The van der Waals surface area contributed by atoms with Crippen LogP contribution < -0.4 is 21.3 Å². The molecule has 240 valence electrons. The normalized spacial score (nSPS) is 27.3. The van der Waals surface area contributed by atoms with Gasteiger partial charge in [0.15, 0.2) is 0 Å². The highest BCUT2D eigenvalue weighted by atomic mass is 19.4. The molecule has 0 aromatic heterocycles. The van der Waals surface area contributed by atoms with E-state index in [2.05, 4.69) is 16.0 Å². The maximum absolute atomic E-state index is 14.0. The number of nitrogens with zero attached hydrogens (tertiary/aromatic N) is 1. The molecule has 2 aliphatic heterocycles. The highest BCUT2D eigenvalue weighted by Gasteiger charge is 2.49. The largest absolute Gasteiger partial charge is 0.471 e. The molecule has 0 spiro atoms. The van der Waals surface area contributed by atoms with Gasteiger partial charge >= 0.3 is 12.1 Å². The number of carbonyl (C=O) groups excluding carboxylic acids is 6. The molecule has 11 nitrogen and oxygen atoms in total. The zero-order valence-corrected chi connectivity index (χ0v) is 24.9. The van der Waals surface area contributed by atoms with E-state index in [4.69, 9.17) is 0 Å². The zero-order chi connectivity index (χ0) is 31.7. The summed E-state index contributed by atoms with van der Waals surface area (Å²) >= 11 is 0. The Hall–Kier alpha value is -3.19. The summed E-state index contributed by atoms with van der Waals surface area (Å²) in [4.78, 5) is 79.2. The Morgan fingerprint density at radius 2 is 1.60 bits per heavy atom. The van der Waals surface area contributed by atoms with Crippen LogP contribution in [0.5, 0.6) is 0 Å². The van der Waals surface area contributed by atoms with E-state index in [1.165, 1.54) is 25.7 Å². The Morgan fingerprint density at radius 1 is 0.953 bits per heavy atom. The van der Waals surface area contributed by atoms with Crippen LogP contribution in [0.1, 0.15) is 78.6 Å². The molecular weight excluding hydrogens is 571 g/mol. The number of alkyl halides is 3. The number of hydrogen-bond acceptors (Lipinski definition) is 6. The van der Waals surface area contributed by atoms with Crippen molar-refractivity contribution in [2.75, 3.05) is 13.1 Å². The SMILES string of the molecule is CC(C)(C)[C@H](NC(=O)C(F)(F)F)C(=O)N1C[C@H]2CCCC[C@H]2C[C@H]1C(=O)N[C@@H](C[C@@H]1CCNC1=O)C(=O)C(=O)NC1CC1. The fraction of sp³-hybridized carbons (Fsp3) is 0.793. The van der Waals surface area contributed by atoms with Gasteiger partial charge in [0.1, 0.15) is 12.1 Å². The molecule has 2 heterocycles. The molecule has 4 rings (SSSR count). The summed E-state index contributed by atoms with van der Waals surface area (Å²) in [5, 5.41) is 9.77.